The molecule has 0 saturated heterocycles. The zero-order chi connectivity index (χ0) is 17.4. The fourth-order valence-corrected chi connectivity index (χ4v) is 3.52. The first kappa shape index (κ1) is 16.4. The minimum absolute atomic E-state index is 0.106. The van der Waals surface area contributed by atoms with Gasteiger partial charge in [0.15, 0.2) is 5.78 Å². The molecule has 0 fully saturated rings. The van der Waals surface area contributed by atoms with E-state index in [1.54, 1.807) is 0 Å². The number of fused-ring (bicyclic) bond motifs is 1. The molecule has 2 atom stereocenters. The second-order valence-corrected chi connectivity index (χ2v) is 6.57. The molecule has 1 aromatic heterocycles. The van der Waals surface area contributed by atoms with Crippen molar-refractivity contribution in [2.45, 2.75) is 44.6 Å². The zero-order valence-corrected chi connectivity index (χ0v) is 13.7. The molecule has 126 valence electrons. The highest BCUT2D eigenvalue weighted by atomic mass is 19.1. The van der Waals surface area contributed by atoms with Crippen LogP contribution in [0.1, 0.15) is 66.2 Å². The van der Waals surface area contributed by atoms with E-state index in [0.29, 0.717) is 18.4 Å². The first-order valence-corrected chi connectivity index (χ1v) is 8.13. The van der Waals surface area contributed by atoms with E-state index in [-0.39, 0.29) is 17.5 Å². The molecule has 2 heterocycles. The summed E-state index contributed by atoms with van der Waals surface area (Å²) in [6.45, 7) is 4.03. The number of ketones is 1. The van der Waals surface area contributed by atoms with Gasteiger partial charge in [-0.05, 0) is 54.7 Å². The number of aliphatic carboxylic acids is 1. The number of benzene rings is 1. The number of carboxylic acids is 1. The second-order valence-electron chi connectivity index (χ2n) is 6.57. The Bertz CT molecular complexity index is 776. The summed E-state index contributed by atoms with van der Waals surface area (Å²) in [5.74, 6) is -1.75. The number of hydrogen-bond acceptors (Lipinski definition) is 2. The highest BCUT2D eigenvalue weighted by molar-refractivity contribution is 5.99. The minimum atomic E-state index is -0.857. The molecule has 5 heteroatoms. The maximum Gasteiger partial charge on any atom is 0.312 e. The predicted molar refractivity (Wildman–Crippen MR) is 87.9 cm³/mol. The third kappa shape index (κ3) is 2.75. The number of aromatic nitrogens is 1. The number of carboxylic acid groups (broad SMARTS) is 1. The maximum absolute atomic E-state index is 13.1. The number of carbonyl (C=O) groups is 2. The van der Waals surface area contributed by atoms with Crippen molar-refractivity contribution in [2.24, 2.45) is 0 Å². The van der Waals surface area contributed by atoms with Gasteiger partial charge >= 0.3 is 5.97 Å². The first-order valence-electron chi connectivity index (χ1n) is 8.13. The second kappa shape index (κ2) is 6.23. The van der Waals surface area contributed by atoms with Crippen LogP contribution in [0.3, 0.4) is 0 Å². The van der Waals surface area contributed by atoms with Crippen molar-refractivity contribution < 1.29 is 19.1 Å². The molecule has 1 aliphatic rings. The lowest BCUT2D eigenvalue weighted by atomic mass is 9.85. The molecule has 0 spiro atoms. The van der Waals surface area contributed by atoms with Crippen LogP contribution in [0, 0.1) is 5.82 Å². The molecule has 0 radical (unpaired) electrons. The Morgan fingerprint density at radius 3 is 2.42 bits per heavy atom. The SMILES string of the molecule is CC(C)c1ccn2c1C(C(=O)O)CCC2C(=O)c1ccc(F)cc1. The summed E-state index contributed by atoms with van der Waals surface area (Å²) in [4.78, 5) is 24.5. The van der Waals surface area contributed by atoms with Crippen molar-refractivity contribution in [1.29, 1.82) is 0 Å². The highest BCUT2D eigenvalue weighted by Crippen LogP contribution is 2.40. The molecule has 0 aliphatic carbocycles. The fourth-order valence-electron chi connectivity index (χ4n) is 3.52. The van der Waals surface area contributed by atoms with E-state index in [9.17, 15) is 19.1 Å². The van der Waals surface area contributed by atoms with Gasteiger partial charge in [0, 0.05) is 17.5 Å². The van der Waals surface area contributed by atoms with Gasteiger partial charge in [0.1, 0.15) is 5.82 Å². The molecule has 3 rings (SSSR count). The Hall–Kier alpha value is -2.43. The largest absolute Gasteiger partial charge is 0.481 e. The summed E-state index contributed by atoms with van der Waals surface area (Å²) in [5.41, 5.74) is 2.14. The Kier molecular flexibility index (Phi) is 4.26. The van der Waals surface area contributed by atoms with Crippen LogP contribution in [-0.4, -0.2) is 21.4 Å². The van der Waals surface area contributed by atoms with Crippen LogP contribution in [0.15, 0.2) is 36.5 Å². The summed E-state index contributed by atoms with van der Waals surface area (Å²) in [5, 5.41) is 9.54. The van der Waals surface area contributed by atoms with Crippen LogP contribution >= 0.6 is 0 Å². The van der Waals surface area contributed by atoms with E-state index >= 15 is 0 Å². The Morgan fingerprint density at radius 1 is 1.17 bits per heavy atom. The summed E-state index contributed by atoms with van der Waals surface area (Å²) >= 11 is 0. The average molecular weight is 329 g/mol. The fraction of sp³-hybridized carbons (Fsp3) is 0.368. The molecular weight excluding hydrogens is 309 g/mol. The van der Waals surface area contributed by atoms with Gasteiger partial charge in [-0.3, -0.25) is 9.59 Å². The third-order valence-electron chi connectivity index (χ3n) is 4.73. The van der Waals surface area contributed by atoms with E-state index in [2.05, 4.69) is 0 Å². The van der Waals surface area contributed by atoms with Crippen molar-refractivity contribution >= 4 is 11.8 Å². The number of nitrogens with zero attached hydrogens (tertiary/aromatic N) is 1. The summed E-state index contributed by atoms with van der Waals surface area (Å²) in [6.07, 6.45) is 2.70. The lowest BCUT2D eigenvalue weighted by Crippen LogP contribution is -2.30. The molecule has 4 nitrogen and oxygen atoms in total. The van der Waals surface area contributed by atoms with Crippen LogP contribution in [0.25, 0.3) is 0 Å². The molecule has 1 aromatic carbocycles. The normalized spacial score (nSPS) is 20.0. The lowest BCUT2D eigenvalue weighted by Gasteiger charge is -2.30. The van der Waals surface area contributed by atoms with Crippen molar-refractivity contribution in [3.63, 3.8) is 0 Å². The van der Waals surface area contributed by atoms with Crippen molar-refractivity contribution in [3.05, 3.63) is 59.2 Å². The Labute approximate surface area is 139 Å². The van der Waals surface area contributed by atoms with Crippen molar-refractivity contribution in [3.8, 4) is 0 Å². The van der Waals surface area contributed by atoms with Crippen LogP contribution in [-0.2, 0) is 4.79 Å². The van der Waals surface area contributed by atoms with Gasteiger partial charge in [-0.25, -0.2) is 4.39 Å². The standard InChI is InChI=1S/C19H20FNO3/c1-11(2)14-9-10-21-16(8-7-15(17(14)21)19(23)24)18(22)12-3-5-13(20)6-4-12/h3-6,9-11,15-16H,7-8H2,1-2H3,(H,23,24). The molecule has 0 amide bonds. The van der Waals surface area contributed by atoms with Gasteiger partial charge in [0.2, 0.25) is 0 Å². The predicted octanol–water partition coefficient (Wildman–Crippen LogP) is 4.14. The van der Waals surface area contributed by atoms with Gasteiger partial charge in [-0.2, -0.15) is 0 Å². The van der Waals surface area contributed by atoms with Gasteiger partial charge in [0.25, 0.3) is 0 Å². The minimum Gasteiger partial charge on any atom is -0.481 e. The van der Waals surface area contributed by atoms with E-state index < -0.39 is 17.9 Å². The number of hydrogen-bond donors (Lipinski definition) is 1. The zero-order valence-electron chi connectivity index (χ0n) is 13.7. The van der Waals surface area contributed by atoms with Gasteiger partial charge in [-0.1, -0.05) is 13.8 Å². The van der Waals surface area contributed by atoms with Gasteiger partial charge in [0.05, 0.1) is 12.0 Å². The summed E-state index contributed by atoms with van der Waals surface area (Å²) in [7, 11) is 0. The molecule has 2 unspecified atom stereocenters. The van der Waals surface area contributed by atoms with Crippen LogP contribution in [0.4, 0.5) is 4.39 Å². The highest BCUT2D eigenvalue weighted by Gasteiger charge is 2.37. The first-order chi connectivity index (χ1) is 11.4. The molecular formula is C19H20FNO3. The molecule has 2 aromatic rings. The number of halogens is 1. The van der Waals surface area contributed by atoms with Crippen molar-refractivity contribution in [2.75, 3.05) is 0 Å². The van der Waals surface area contributed by atoms with E-state index in [4.69, 9.17) is 0 Å². The van der Waals surface area contributed by atoms with E-state index in [1.165, 1.54) is 24.3 Å². The van der Waals surface area contributed by atoms with Crippen molar-refractivity contribution in [1.82, 2.24) is 4.57 Å². The molecule has 1 N–H and O–H groups in total. The van der Waals surface area contributed by atoms with E-state index in [0.717, 1.165) is 11.3 Å². The quantitative estimate of drug-likeness (QED) is 0.858. The molecule has 24 heavy (non-hydrogen) atoms. The van der Waals surface area contributed by atoms with Crippen LogP contribution < -0.4 is 0 Å². The molecule has 0 bridgehead atoms. The molecule has 0 saturated carbocycles. The summed E-state index contributed by atoms with van der Waals surface area (Å²) < 4.78 is 14.9. The number of carbonyl (C=O) groups excluding carboxylic acids is 1. The van der Waals surface area contributed by atoms with Gasteiger partial charge in [-0.15, -0.1) is 0 Å². The molecule has 1 aliphatic heterocycles. The maximum atomic E-state index is 13.1. The van der Waals surface area contributed by atoms with Gasteiger partial charge < -0.3 is 9.67 Å². The lowest BCUT2D eigenvalue weighted by molar-refractivity contribution is -0.139. The Balaban J connectivity index is 2.03. The summed E-state index contributed by atoms with van der Waals surface area (Å²) in [6, 6.07) is 6.97. The van der Waals surface area contributed by atoms with Crippen LogP contribution in [0.5, 0.6) is 0 Å². The smallest absolute Gasteiger partial charge is 0.312 e. The Morgan fingerprint density at radius 2 is 1.83 bits per heavy atom. The number of Topliss-reactive ketones (excluding diaryl/α,β-unsaturated/α-hetero) is 1. The third-order valence-corrected chi connectivity index (χ3v) is 4.73. The van der Waals surface area contributed by atoms with E-state index in [1.807, 2.05) is 30.7 Å². The van der Waals surface area contributed by atoms with Crippen LogP contribution in [0.2, 0.25) is 0 Å². The monoisotopic (exact) mass is 329 g/mol. The number of rotatable bonds is 4. The average Bonchev–Trinajstić information content (AvgIpc) is 2.99. The topological polar surface area (TPSA) is 59.3 Å².